The van der Waals surface area contributed by atoms with Gasteiger partial charge in [0.1, 0.15) is 11.5 Å². The molecule has 0 saturated heterocycles. The summed E-state index contributed by atoms with van der Waals surface area (Å²) in [6.45, 7) is 3.66. The van der Waals surface area contributed by atoms with Gasteiger partial charge in [-0.3, -0.25) is 0 Å². The van der Waals surface area contributed by atoms with Crippen LogP contribution in [0.25, 0.3) is 11.1 Å². The monoisotopic (exact) mass is 226 g/mol. The van der Waals surface area contributed by atoms with Crippen molar-refractivity contribution in [2.24, 2.45) is 0 Å². The van der Waals surface area contributed by atoms with Crippen molar-refractivity contribution in [2.45, 2.75) is 6.42 Å². The second-order valence-electron chi connectivity index (χ2n) is 3.85. The molecule has 0 unspecified atom stereocenters. The molecular formula is C15H14O2. The summed E-state index contributed by atoms with van der Waals surface area (Å²) in [4.78, 5) is 0. The Morgan fingerprint density at radius 3 is 2.47 bits per heavy atom. The van der Waals surface area contributed by atoms with Gasteiger partial charge < -0.3 is 10.2 Å². The topological polar surface area (TPSA) is 40.5 Å². The molecule has 2 N–H and O–H groups in total. The molecule has 2 aromatic carbocycles. The van der Waals surface area contributed by atoms with Crippen molar-refractivity contribution in [3.63, 3.8) is 0 Å². The lowest BCUT2D eigenvalue weighted by molar-refractivity contribution is 0.469. The number of rotatable bonds is 3. The van der Waals surface area contributed by atoms with Crippen LogP contribution in [0.2, 0.25) is 0 Å². The highest BCUT2D eigenvalue weighted by molar-refractivity contribution is 5.71. The van der Waals surface area contributed by atoms with Crippen LogP contribution >= 0.6 is 0 Å². The average Bonchev–Trinajstić information content (AvgIpc) is 2.33. The molecule has 0 spiro atoms. The van der Waals surface area contributed by atoms with Gasteiger partial charge in [0.25, 0.3) is 0 Å². The lowest BCUT2D eigenvalue weighted by Gasteiger charge is -2.08. The van der Waals surface area contributed by atoms with Crippen LogP contribution in [0.1, 0.15) is 5.56 Å². The van der Waals surface area contributed by atoms with Gasteiger partial charge in [-0.2, -0.15) is 0 Å². The Hall–Kier alpha value is -2.22. The van der Waals surface area contributed by atoms with E-state index in [1.807, 2.05) is 18.2 Å². The van der Waals surface area contributed by atoms with Crippen LogP contribution in [-0.4, -0.2) is 10.2 Å². The first-order chi connectivity index (χ1) is 8.22. The minimum absolute atomic E-state index is 0.239. The summed E-state index contributed by atoms with van der Waals surface area (Å²) in [5.41, 5.74) is 2.45. The fourth-order valence-electron chi connectivity index (χ4n) is 1.79. The van der Waals surface area contributed by atoms with Crippen LogP contribution < -0.4 is 0 Å². The molecule has 0 saturated carbocycles. The molecule has 2 heteroatoms. The van der Waals surface area contributed by atoms with E-state index in [1.54, 1.807) is 30.3 Å². The summed E-state index contributed by atoms with van der Waals surface area (Å²) < 4.78 is 0. The molecule has 0 atom stereocenters. The maximum Gasteiger partial charge on any atom is 0.123 e. The number of allylic oxidation sites excluding steroid dienone is 1. The van der Waals surface area contributed by atoms with Gasteiger partial charge in [0, 0.05) is 5.56 Å². The predicted octanol–water partition coefficient (Wildman–Crippen LogP) is 3.49. The second kappa shape index (κ2) is 4.74. The molecule has 0 fully saturated rings. The van der Waals surface area contributed by atoms with Gasteiger partial charge in [0.05, 0.1) is 0 Å². The Morgan fingerprint density at radius 2 is 1.76 bits per heavy atom. The lowest BCUT2D eigenvalue weighted by Crippen LogP contribution is -1.85. The number of phenolic OH excluding ortho intramolecular Hbond substituents is 2. The van der Waals surface area contributed by atoms with E-state index in [0.717, 1.165) is 16.7 Å². The fraction of sp³-hybridized carbons (Fsp3) is 0.0667. The van der Waals surface area contributed by atoms with E-state index >= 15 is 0 Å². The molecule has 0 aliphatic carbocycles. The number of aromatic hydroxyl groups is 2. The Balaban J connectivity index is 2.50. The summed E-state index contributed by atoms with van der Waals surface area (Å²) in [5.74, 6) is 0.492. The molecule has 17 heavy (non-hydrogen) atoms. The maximum atomic E-state index is 9.77. The maximum absolute atomic E-state index is 9.77. The predicted molar refractivity (Wildman–Crippen MR) is 69.1 cm³/mol. The summed E-state index contributed by atoms with van der Waals surface area (Å²) in [6, 6.07) is 12.4. The fourth-order valence-corrected chi connectivity index (χ4v) is 1.79. The lowest BCUT2D eigenvalue weighted by atomic mass is 10.0. The SMILES string of the molecule is C=CCc1cc(-c2ccccc2O)ccc1O. The number of hydrogen-bond acceptors (Lipinski definition) is 2. The highest BCUT2D eigenvalue weighted by atomic mass is 16.3. The van der Waals surface area contributed by atoms with Crippen LogP contribution in [0.5, 0.6) is 11.5 Å². The Morgan fingerprint density at radius 1 is 1.00 bits per heavy atom. The van der Waals surface area contributed by atoms with Gasteiger partial charge in [-0.05, 0) is 35.7 Å². The quantitative estimate of drug-likeness (QED) is 0.786. The van der Waals surface area contributed by atoms with Crippen molar-refractivity contribution in [3.8, 4) is 22.6 Å². The summed E-state index contributed by atoms with van der Waals surface area (Å²) in [5, 5.41) is 19.4. The molecule has 2 rings (SSSR count). The van der Waals surface area contributed by atoms with Crippen molar-refractivity contribution < 1.29 is 10.2 Å². The third-order valence-corrected chi connectivity index (χ3v) is 2.66. The molecule has 2 aromatic rings. The van der Waals surface area contributed by atoms with E-state index in [2.05, 4.69) is 6.58 Å². The van der Waals surface area contributed by atoms with Crippen LogP contribution in [0.15, 0.2) is 55.1 Å². The van der Waals surface area contributed by atoms with Crippen molar-refractivity contribution in [1.82, 2.24) is 0 Å². The smallest absolute Gasteiger partial charge is 0.123 e. The van der Waals surface area contributed by atoms with Crippen LogP contribution in [-0.2, 0) is 6.42 Å². The first-order valence-electron chi connectivity index (χ1n) is 5.43. The zero-order chi connectivity index (χ0) is 12.3. The van der Waals surface area contributed by atoms with Gasteiger partial charge in [0.15, 0.2) is 0 Å². The first kappa shape index (κ1) is 11.3. The molecule has 86 valence electrons. The van der Waals surface area contributed by atoms with Gasteiger partial charge in [-0.1, -0.05) is 30.3 Å². The number of phenols is 2. The molecular weight excluding hydrogens is 212 g/mol. The van der Waals surface area contributed by atoms with Gasteiger partial charge in [-0.15, -0.1) is 6.58 Å². The number of benzene rings is 2. The minimum atomic E-state index is 0.239. The van der Waals surface area contributed by atoms with Crippen molar-refractivity contribution in [2.75, 3.05) is 0 Å². The third kappa shape index (κ3) is 2.31. The number of hydrogen-bond donors (Lipinski definition) is 2. The van der Waals surface area contributed by atoms with Gasteiger partial charge in [-0.25, -0.2) is 0 Å². The minimum Gasteiger partial charge on any atom is -0.508 e. The van der Waals surface area contributed by atoms with Crippen LogP contribution in [0.3, 0.4) is 0 Å². The Kier molecular flexibility index (Phi) is 3.15. The first-order valence-corrected chi connectivity index (χ1v) is 5.43. The number of para-hydroxylation sites is 1. The molecule has 0 radical (unpaired) electrons. The van der Waals surface area contributed by atoms with E-state index in [1.165, 1.54) is 0 Å². The highest BCUT2D eigenvalue weighted by Gasteiger charge is 2.06. The summed E-state index contributed by atoms with van der Waals surface area (Å²) in [6.07, 6.45) is 2.34. The Labute approximate surface area is 100 Å². The van der Waals surface area contributed by atoms with E-state index in [9.17, 15) is 10.2 Å². The summed E-state index contributed by atoms with van der Waals surface area (Å²) in [7, 11) is 0. The molecule has 0 aliphatic rings. The van der Waals surface area contributed by atoms with E-state index < -0.39 is 0 Å². The van der Waals surface area contributed by atoms with E-state index in [0.29, 0.717) is 6.42 Å². The van der Waals surface area contributed by atoms with Crippen LogP contribution in [0.4, 0.5) is 0 Å². The molecule has 0 aromatic heterocycles. The molecule has 0 aliphatic heterocycles. The van der Waals surface area contributed by atoms with E-state index in [4.69, 9.17) is 0 Å². The third-order valence-electron chi connectivity index (χ3n) is 2.66. The molecule has 0 heterocycles. The van der Waals surface area contributed by atoms with Gasteiger partial charge >= 0.3 is 0 Å². The largest absolute Gasteiger partial charge is 0.508 e. The second-order valence-corrected chi connectivity index (χ2v) is 3.85. The normalized spacial score (nSPS) is 10.1. The highest BCUT2D eigenvalue weighted by Crippen LogP contribution is 2.31. The summed E-state index contributed by atoms with van der Waals surface area (Å²) >= 11 is 0. The van der Waals surface area contributed by atoms with Gasteiger partial charge in [0.2, 0.25) is 0 Å². The van der Waals surface area contributed by atoms with Crippen molar-refractivity contribution in [1.29, 1.82) is 0 Å². The van der Waals surface area contributed by atoms with Crippen molar-refractivity contribution >= 4 is 0 Å². The van der Waals surface area contributed by atoms with Crippen molar-refractivity contribution in [3.05, 3.63) is 60.7 Å². The molecule has 0 amide bonds. The zero-order valence-electron chi connectivity index (χ0n) is 9.43. The zero-order valence-corrected chi connectivity index (χ0v) is 9.43. The Bertz CT molecular complexity index is 544. The molecule has 2 nitrogen and oxygen atoms in total. The van der Waals surface area contributed by atoms with Crippen LogP contribution in [0, 0.1) is 0 Å². The van der Waals surface area contributed by atoms with E-state index in [-0.39, 0.29) is 11.5 Å². The average molecular weight is 226 g/mol. The standard InChI is InChI=1S/C15H14O2/c1-2-5-12-10-11(8-9-14(12)16)13-6-3-4-7-15(13)17/h2-4,6-10,16-17H,1,5H2. The molecule has 0 bridgehead atoms.